The van der Waals surface area contributed by atoms with Gasteiger partial charge in [-0.2, -0.15) is 0 Å². The molecule has 0 unspecified atom stereocenters. The maximum Gasteiger partial charge on any atom is 0.310 e. The van der Waals surface area contributed by atoms with E-state index in [-0.39, 0.29) is 35.5 Å². The smallest absolute Gasteiger partial charge is 0.310 e. The second kappa shape index (κ2) is 6.74. The number of hydrogen-bond donors (Lipinski definition) is 0. The Kier molecular flexibility index (Phi) is 4.33. The average Bonchev–Trinajstić information content (AvgIpc) is 3.09. The number of ether oxygens (including phenoxy) is 1. The van der Waals surface area contributed by atoms with Gasteiger partial charge >= 0.3 is 5.69 Å². The molecule has 0 saturated heterocycles. The molecule has 0 radical (unpaired) electrons. The summed E-state index contributed by atoms with van der Waals surface area (Å²) in [5, 5.41) is 29.2. The summed E-state index contributed by atoms with van der Waals surface area (Å²) in [4.78, 5) is 20.5. The first-order valence-electron chi connectivity index (χ1n) is 6.98. The summed E-state index contributed by atoms with van der Waals surface area (Å²) in [5.74, 6) is 0.366. The van der Waals surface area contributed by atoms with Crippen molar-refractivity contribution < 1.29 is 19.0 Å². The number of nitro benzene ring substituents is 2. The molecule has 3 aromatic rings. The number of rotatable bonds is 6. The van der Waals surface area contributed by atoms with Crippen LogP contribution >= 0.6 is 0 Å². The first-order valence-corrected chi connectivity index (χ1v) is 6.98. The lowest BCUT2D eigenvalue weighted by atomic mass is 10.2. The van der Waals surface area contributed by atoms with E-state index in [0.29, 0.717) is 5.56 Å². The van der Waals surface area contributed by atoms with Crippen LogP contribution in [0.2, 0.25) is 0 Å². The summed E-state index contributed by atoms with van der Waals surface area (Å²) in [6.07, 6.45) is 0. The quantitative estimate of drug-likeness (QED) is 0.492. The molecule has 0 atom stereocenters. The number of para-hydroxylation sites is 2. The van der Waals surface area contributed by atoms with E-state index in [4.69, 9.17) is 9.15 Å². The van der Waals surface area contributed by atoms with Crippen molar-refractivity contribution in [3.05, 3.63) is 74.7 Å². The Morgan fingerprint density at radius 3 is 2.36 bits per heavy atom. The van der Waals surface area contributed by atoms with Gasteiger partial charge in [-0.3, -0.25) is 20.2 Å². The first kappa shape index (κ1) is 16.1. The molecule has 10 heteroatoms. The second-order valence-corrected chi connectivity index (χ2v) is 4.82. The molecule has 0 aliphatic rings. The van der Waals surface area contributed by atoms with Gasteiger partial charge in [0.25, 0.3) is 11.6 Å². The maximum atomic E-state index is 10.9. The van der Waals surface area contributed by atoms with Gasteiger partial charge in [0.1, 0.15) is 0 Å². The third kappa shape index (κ3) is 3.58. The second-order valence-electron chi connectivity index (χ2n) is 4.82. The maximum absolute atomic E-state index is 10.9. The molecule has 0 saturated carbocycles. The SMILES string of the molecule is O=[N+]([O-])c1ccc(-c2nnc(COc3ccccc3[N+](=O)[O-])o2)cc1. The molecule has 25 heavy (non-hydrogen) atoms. The van der Waals surface area contributed by atoms with Crippen LogP contribution in [-0.2, 0) is 6.61 Å². The highest BCUT2D eigenvalue weighted by Gasteiger charge is 2.16. The molecule has 3 rings (SSSR count). The Balaban J connectivity index is 1.72. The summed E-state index contributed by atoms with van der Waals surface area (Å²) in [6.45, 7) is -0.148. The molecule has 0 spiro atoms. The third-order valence-corrected chi connectivity index (χ3v) is 3.21. The van der Waals surface area contributed by atoms with E-state index in [9.17, 15) is 20.2 Å². The lowest BCUT2D eigenvalue weighted by Crippen LogP contribution is -1.99. The van der Waals surface area contributed by atoms with Crippen molar-refractivity contribution in [3.63, 3.8) is 0 Å². The molecule has 0 aliphatic heterocycles. The van der Waals surface area contributed by atoms with Crippen molar-refractivity contribution in [3.8, 4) is 17.2 Å². The molecule has 1 heterocycles. The van der Waals surface area contributed by atoms with Gasteiger partial charge < -0.3 is 9.15 Å². The molecule has 0 aliphatic carbocycles. The van der Waals surface area contributed by atoms with E-state index in [2.05, 4.69) is 10.2 Å². The predicted octanol–water partition coefficient (Wildman–Crippen LogP) is 3.13. The highest BCUT2D eigenvalue weighted by atomic mass is 16.6. The van der Waals surface area contributed by atoms with Crippen LogP contribution in [0.4, 0.5) is 11.4 Å². The minimum atomic E-state index is -0.550. The molecule has 2 aromatic carbocycles. The van der Waals surface area contributed by atoms with Crippen LogP contribution < -0.4 is 4.74 Å². The van der Waals surface area contributed by atoms with Crippen LogP contribution in [0.15, 0.2) is 52.9 Å². The molecule has 0 amide bonds. The Labute approximate surface area is 140 Å². The Bertz CT molecular complexity index is 922. The largest absolute Gasteiger partial charge is 0.477 e. The number of non-ortho nitro benzene ring substituents is 1. The normalized spacial score (nSPS) is 10.4. The van der Waals surface area contributed by atoms with Crippen LogP contribution in [0.25, 0.3) is 11.5 Å². The Hall–Kier alpha value is -3.82. The van der Waals surface area contributed by atoms with Gasteiger partial charge in [0.15, 0.2) is 12.4 Å². The fourth-order valence-electron chi connectivity index (χ4n) is 2.02. The Morgan fingerprint density at radius 1 is 0.960 bits per heavy atom. The van der Waals surface area contributed by atoms with Crippen molar-refractivity contribution in [1.82, 2.24) is 10.2 Å². The molecule has 0 fully saturated rings. The highest BCUT2D eigenvalue weighted by molar-refractivity contribution is 5.55. The van der Waals surface area contributed by atoms with E-state index in [1.165, 1.54) is 42.5 Å². The van der Waals surface area contributed by atoms with Crippen LogP contribution in [0, 0.1) is 20.2 Å². The van der Waals surface area contributed by atoms with Gasteiger partial charge in [0, 0.05) is 23.8 Å². The van der Waals surface area contributed by atoms with Crippen LogP contribution in [0.5, 0.6) is 5.75 Å². The lowest BCUT2D eigenvalue weighted by molar-refractivity contribution is -0.386. The predicted molar refractivity (Wildman–Crippen MR) is 83.8 cm³/mol. The molecule has 126 valence electrons. The van der Waals surface area contributed by atoms with E-state index in [0.717, 1.165) is 0 Å². The van der Waals surface area contributed by atoms with Gasteiger partial charge in [-0.05, 0) is 18.2 Å². The minimum Gasteiger partial charge on any atom is -0.477 e. The Morgan fingerprint density at radius 2 is 1.68 bits per heavy atom. The molecule has 1 aromatic heterocycles. The van der Waals surface area contributed by atoms with Crippen molar-refractivity contribution in [1.29, 1.82) is 0 Å². The highest BCUT2D eigenvalue weighted by Crippen LogP contribution is 2.27. The standard InChI is InChI=1S/C15H10N4O6/c20-18(21)11-7-5-10(6-8-11)15-17-16-14(25-15)9-24-13-4-2-1-3-12(13)19(22)23/h1-8H,9H2. The van der Waals surface area contributed by atoms with Gasteiger partial charge in [-0.15, -0.1) is 10.2 Å². The monoisotopic (exact) mass is 342 g/mol. The topological polar surface area (TPSA) is 134 Å². The van der Waals surface area contributed by atoms with Crippen LogP contribution in [-0.4, -0.2) is 20.0 Å². The molecule has 0 N–H and O–H groups in total. The first-order chi connectivity index (χ1) is 12.0. The number of aromatic nitrogens is 2. The van der Waals surface area contributed by atoms with Crippen molar-refractivity contribution in [2.75, 3.05) is 0 Å². The van der Waals surface area contributed by atoms with Crippen molar-refractivity contribution >= 4 is 11.4 Å². The zero-order valence-electron chi connectivity index (χ0n) is 12.6. The zero-order valence-corrected chi connectivity index (χ0v) is 12.6. The fourth-order valence-corrected chi connectivity index (χ4v) is 2.02. The van der Waals surface area contributed by atoms with Crippen LogP contribution in [0.3, 0.4) is 0 Å². The molecular formula is C15H10N4O6. The average molecular weight is 342 g/mol. The van der Waals surface area contributed by atoms with E-state index >= 15 is 0 Å². The van der Waals surface area contributed by atoms with Gasteiger partial charge in [0.05, 0.1) is 9.85 Å². The number of nitro groups is 2. The lowest BCUT2D eigenvalue weighted by Gasteiger charge is -2.03. The molecular weight excluding hydrogens is 332 g/mol. The summed E-state index contributed by atoms with van der Waals surface area (Å²) >= 11 is 0. The van der Waals surface area contributed by atoms with E-state index in [1.807, 2.05) is 0 Å². The van der Waals surface area contributed by atoms with E-state index < -0.39 is 9.85 Å². The molecule has 0 bridgehead atoms. The van der Waals surface area contributed by atoms with Crippen molar-refractivity contribution in [2.45, 2.75) is 6.61 Å². The summed E-state index contributed by atoms with van der Waals surface area (Å²) < 4.78 is 10.8. The fraction of sp³-hybridized carbons (Fsp3) is 0.0667. The van der Waals surface area contributed by atoms with Gasteiger partial charge in [-0.1, -0.05) is 12.1 Å². The van der Waals surface area contributed by atoms with Gasteiger partial charge in [-0.25, -0.2) is 0 Å². The summed E-state index contributed by atoms with van der Waals surface area (Å²) in [7, 11) is 0. The summed E-state index contributed by atoms with van der Waals surface area (Å²) in [6, 6.07) is 11.5. The van der Waals surface area contributed by atoms with Crippen LogP contribution in [0.1, 0.15) is 5.89 Å². The minimum absolute atomic E-state index is 0.0526. The zero-order chi connectivity index (χ0) is 17.8. The van der Waals surface area contributed by atoms with E-state index in [1.54, 1.807) is 6.07 Å². The van der Waals surface area contributed by atoms with Crippen molar-refractivity contribution in [2.24, 2.45) is 0 Å². The number of hydrogen-bond acceptors (Lipinski definition) is 8. The van der Waals surface area contributed by atoms with Gasteiger partial charge in [0.2, 0.25) is 5.89 Å². The number of benzene rings is 2. The number of nitrogens with zero attached hydrogens (tertiary/aromatic N) is 4. The molecule has 10 nitrogen and oxygen atoms in total. The summed E-state index contributed by atoms with van der Waals surface area (Å²) in [5.41, 5.74) is 0.288. The third-order valence-electron chi connectivity index (χ3n) is 3.21.